The van der Waals surface area contributed by atoms with Crippen molar-refractivity contribution in [3.8, 4) is 0 Å². The first-order chi connectivity index (χ1) is 5.93. The fourth-order valence-corrected chi connectivity index (χ4v) is 2.76. The van der Waals surface area contributed by atoms with Gasteiger partial charge in [0.15, 0.2) is 0 Å². The summed E-state index contributed by atoms with van der Waals surface area (Å²) in [7, 11) is 0. The Morgan fingerprint density at radius 1 is 1.38 bits per heavy atom. The maximum atomic E-state index is 9.86. The zero-order valence-electron chi connectivity index (χ0n) is 8.45. The predicted molar refractivity (Wildman–Crippen MR) is 48.3 cm³/mol. The highest BCUT2D eigenvalue weighted by Gasteiger charge is 2.66. The number of aliphatic hydroxyl groups excluding tert-OH is 2. The maximum Gasteiger partial charge on any atom is 0.0977 e. The molecule has 1 saturated heterocycles. The third-order valence-corrected chi connectivity index (χ3v) is 4.05. The molecule has 0 radical (unpaired) electrons. The zero-order chi connectivity index (χ0) is 9.85. The van der Waals surface area contributed by atoms with Crippen LogP contribution in [0, 0.1) is 11.3 Å². The molecule has 1 aliphatic carbocycles. The van der Waals surface area contributed by atoms with E-state index < -0.39 is 0 Å². The van der Waals surface area contributed by atoms with Crippen LogP contribution in [0.5, 0.6) is 0 Å². The van der Waals surface area contributed by atoms with Crippen molar-refractivity contribution in [3.05, 3.63) is 0 Å². The standard InChI is InChI=1S/C10H18O3/c1-9(2)6(5-11)10(3)8(13-10)4-7(9)12/h6-8,11-12H,4-5H2,1-3H3. The second-order valence-corrected chi connectivity index (χ2v) is 5.10. The lowest BCUT2D eigenvalue weighted by atomic mass is 9.63. The van der Waals surface area contributed by atoms with E-state index in [0.717, 1.165) is 0 Å². The largest absolute Gasteiger partial charge is 0.396 e. The third-order valence-electron chi connectivity index (χ3n) is 4.05. The predicted octanol–water partition coefficient (Wildman–Crippen LogP) is 0.543. The topological polar surface area (TPSA) is 53.0 Å². The first-order valence-corrected chi connectivity index (χ1v) is 4.89. The molecule has 0 amide bonds. The maximum absolute atomic E-state index is 9.86. The van der Waals surface area contributed by atoms with Gasteiger partial charge in [0.25, 0.3) is 0 Å². The normalized spacial score (nSPS) is 52.8. The van der Waals surface area contributed by atoms with Gasteiger partial charge in [-0.1, -0.05) is 13.8 Å². The second-order valence-electron chi connectivity index (χ2n) is 5.10. The molecule has 0 bridgehead atoms. The van der Waals surface area contributed by atoms with E-state index in [9.17, 15) is 10.2 Å². The van der Waals surface area contributed by atoms with Crippen LogP contribution in [-0.2, 0) is 4.74 Å². The van der Waals surface area contributed by atoms with Crippen LogP contribution in [0.15, 0.2) is 0 Å². The summed E-state index contributed by atoms with van der Waals surface area (Å²) in [6.45, 7) is 6.13. The molecule has 76 valence electrons. The number of fused-ring (bicyclic) bond motifs is 1. The Hall–Kier alpha value is -0.120. The average Bonchev–Trinajstić information content (AvgIpc) is 2.61. The van der Waals surface area contributed by atoms with Crippen molar-refractivity contribution in [1.82, 2.24) is 0 Å². The molecule has 13 heavy (non-hydrogen) atoms. The highest BCUT2D eigenvalue weighted by molar-refractivity contribution is 5.14. The zero-order valence-corrected chi connectivity index (χ0v) is 8.45. The number of rotatable bonds is 1. The molecule has 2 N–H and O–H groups in total. The molecular weight excluding hydrogens is 168 g/mol. The molecule has 1 aliphatic heterocycles. The summed E-state index contributed by atoms with van der Waals surface area (Å²) in [5.74, 6) is 0.0498. The Labute approximate surface area is 78.7 Å². The van der Waals surface area contributed by atoms with Crippen LogP contribution in [-0.4, -0.2) is 34.6 Å². The van der Waals surface area contributed by atoms with E-state index in [2.05, 4.69) is 0 Å². The van der Waals surface area contributed by atoms with Crippen molar-refractivity contribution in [2.75, 3.05) is 6.61 Å². The summed E-state index contributed by atoms with van der Waals surface area (Å²) in [6.07, 6.45) is 0.512. The van der Waals surface area contributed by atoms with Gasteiger partial charge >= 0.3 is 0 Å². The molecule has 3 heteroatoms. The summed E-state index contributed by atoms with van der Waals surface area (Å²) >= 11 is 0. The molecule has 1 heterocycles. The molecule has 4 unspecified atom stereocenters. The van der Waals surface area contributed by atoms with Crippen molar-refractivity contribution in [2.45, 2.75) is 45.0 Å². The minimum absolute atomic E-state index is 0.0498. The van der Waals surface area contributed by atoms with Gasteiger partial charge in [-0.15, -0.1) is 0 Å². The van der Waals surface area contributed by atoms with Gasteiger partial charge in [-0.2, -0.15) is 0 Å². The first-order valence-electron chi connectivity index (χ1n) is 4.89. The molecular formula is C10H18O3. The van der Waals surface area contributed by atoms with E-state index >= 15 is 0 Å². The molecule has 0 spiro atoms. The number of aliphatic hydroxyl groups is 2. The Bertz CT molecular complexity index is 226. The van der Waals surface area contributed by atoms with Crippen LogP contribution >= 0.6 is 0 Å². The summed E-state index contributed by atoms with van der Waals surface area (Å²) in [5, 5.41) is 19.2. The minimum Gasteiger partial charge on any atom is -0.396 e. The van der Waals surface area contributed by atoms with E-state index in [-0.39, 0.29) is 35.7 Å². The van der Waals surface area contributed by atoms with Crippen molar-refractivity contribution in [1.29, 1.82) is 0 Å². The Morgan fingerprint density at radius 3 is 2.54 bits per heavy atom. The van der Waals surface area contributed by atoms with E-state index in [1.807, 2.05) is 20.8 Å². The van der Waals surface area contributed by atoms with Gasteiger partial charge in [0, 0.05) is 18.9 Å². The van der Waals surface area contributed by atoms with Crippen molar-refractivity contribution in [2.24, 2.45) is 11.3 Å². The van der Waals surface area contributed by atoms with E-state index in [4.69, 9.17) is 4.74 Å². The van der Waals surface area contributed by atoms with E-state index in [1.54, 1.807) is 0 Å². The van der Waals surface area contributed by atoms with Crippen molar-refractivity contribution >= 4 is 0 Å². The van der Waals surface area contributed by atoms with Gasteiger partial charge in [0.05, 0.1) is 17.8 Å². The van der Waals surface area contributed by atoms with Gasteiger partial charge in [-0.05, 0) is 12.3 Å². The summed E-state index contributed by atoms with van der Waals surface area (Å²) in [6, 6.07) is 0. The van der Waals surface area contributed by atoms with Crippen LogP contribution in [0.2, 0.25) is 0 Å². The van der Waals surface area contributed by atoms with Crippen LogP contribution in [0.1, 0.15) is 27.2 Å². The van der Waals surface area contributed by atoms with Gasteiger partial charge < -0.3 is 14.9 Å². The fraction of sp³-hybridized carbons (Fsp3) is 1.00. The van der Waals surface area contributed by atoms with Crippen molar-refractivity contribution in [3.63, 3.8) is 0 Å². The minimum atomic E-state index is -0.356. The van der Waals surface area contributed by atoms with Gasteiger partial charge in [-0.25, -0.2) is 0 Å². The number of hydrogen-bond donors (Lipinski definition) is 2. The lowest BCUT2D eigenvalue weighted by Gasteiger charge is -2.42. The smallest absolute Gasteiger partial charge is 0.0977 e. The molecule has 1 saturated carbocycles. The second kappa shape index (κ2) is 2.47. The molecule has 2 rings (SSSR count). The third kappa shape index (κ3) is 1.07. The van der Waals surface area contributed by atoms with Crippen molar-refractivity contribution < 1.29 is 14.9 Å². The Morgan fingerprint density at radius 2 is 2.00 bits per heavy atom. The number of epoxide rings is 1. The SMILES string of the molecule is CC1(C)C(O)CC2OC2(C)C1CO. The van der Waals surface area contributed by atoms with Gasteiger partial charge in [-0.3, -0.25) is 0 Å². The van der Waals surface area contributed by atoms with Crippen LogP contribution in [0.4, 0.5) is 0 Å². The van der Waals surface area contributed by atoms with Crippen LogP contribution in [0.3, 0.4) is 0 Å². The lowest BCUT2D eigenvalue weighted by Crippen LogP contribution is -2.50. The average molecular weight is 186 g/mol. The van der Waals surface area contributed by atoms with Gasteiger partial charge in [0.1, 0.15) is 0 Å². The number of ether oxygens (including phenoxy) is 1. The Balaban J connectivity index is 2.27. The highest BCUT2D eigenvalue weighted by Crippen LogP contribution is 2.57. The fourth-order valence-electron chi connectivity index (χ4n) is 2.76. The molecule has 0 aromatic carbocycles. The molecule has 2 fully saturated rings. The highest BCUT2D eigenvalue weighted by atomic mass is 16.6. The summed E-state index contributed by atoms with van der Waals surface area (Å²) in [5.41, 5.74) is -0.423. The lowest BCUT2D eigenvalue weighted by molar-refractivity contribution is -0.0548. The first kappa shape index (κ1) is 9.44. The molecule has 4 atom stereocenters. The Kier molecular flexibility index (Phi) is 1.79. The molecule has 3 nitrogen and oxygen atoms in total. The molecule has 0 aromatic heterocycles. The van der Waals surface area contributed by atoms with Crippen LogP contribution < -0.4 is 0 Å². The van der Waals surface area contributed by atoms with Crippen LogP contribution in [0.25, 0.3) is 0 Å². The monoisotopic (exact) mass is 186 g/mol. The van der Waals surface area contributed by atoms with E-state index in [0.29, 0.717) is 6.42 Å². The van der Waals surface area contributed by atoms with Gasteiger partial charge in [0.2, 0.25) is 0 Å². The number of hydrogen-bond acceptors (Lipinski definition) is 3. The quantitative estimate of drug-likeness (QED) is 0.588. The molecule has 2 aliphatic rings. The summed E-state index contributed by atoms with van der Waals surface area (Å²) in [4.78, 5) is 0. The molecule has 0 aromatic rings. The van der Waals surface area contributed by atoms with E-state index in [1.165, 1.54) is 0 Å². The summed E-state index contributed by atoms with van der Waals surface area (Å²) < 4.78 is 5.55.